The highest BCUT2D eigenvalue weighted by Gasteiger charge is 2.54. The molecule has 0 aromatic carbocycles. The molecule has 4 aliphatic rings. The van der Waals surface area contributed by atoms with Crippen LogP contribution >= 0.6 is 0 Å². The van der Waals surface area contributed by atoms with Crippen LogP contribution in [0.25, 0.3) is 0 Å². The Hall–Kier alpha value is -2.23. The number of hydrogen-bond acceptors (Lipinski definition) is 4. The van der Waals surface area contributed by atoms with E-state index in [1.54, 1.807) is 6.08 Å². The lowest BCUT2D eigenvalue weighted by Crippen LogP contribution is -2.42. The molecule has 4 nitrogen and oxygen atoms in total. The van der Waals surface area contributed by atoms with Gasteiger partial charge in [0.1, 0.15) is 0 Å². The molecule has 0 unspecified atom stereocenters. The number of hydrogen-bond donors (Lipinski definition) is 0. The number of esters is 1. The van der Waals surface area contributed by atoms with Gasteiger partial charge in [0.25, 0.3) is 0 Å². The Balaban J connectivity index is 1.67. The molecule has 160 valence electrons. The molecule has 0 radical (unpaired) electrons. The van der Waals surface area contributed by atoms with Crippen LogP contribution in [0.15, 0.2) is 46.8 Å². The average Bonchev–Trinajstić information content (AvgIpc) is 3.03. The number of carbonyl (C=O) groups is 3. The number of rotatable bonds is 4. The first-order chi connectivity index (χ1) is 14.2. The van der Waals surface area contributed by atoms with Crippen molar-refractivity contribution in [1.82, 2.24) is 0 Å². The molecule has 0 aromatic heterocycles. The normalized spacial score (nSPS) is 36.4. The van der Waals surface area contributed by atoms with Crippen molar-refractivity contribution in [3.8, 4) is 0 Å². The molecular formula is C26H32O4. The number of allylic oxidation sites excluding steroid dienone is 8. The van der Waals surface area contributed by atoms with Crippen molar-refractivity contribution in [2.24, 2.45) is 28.6 Å². The predicted octanol–water partition coefficient (Wildman–Crippen LogP) is 5.26. The molecule has 4 aliphatic carbocycles. The first kappa shape index (κ1) is 21.0. The molecule has 0 aromatic rings. The van der Waals surface area contributed by atoms with Gasteiger partial charge in [-0.25, -0.2) is 0 Å². The summed E-state index contributed by atoms with van der Waals surface area (Å²) in [5, 5.41) is 0. The fraction of sp³-hybridized carbons (Fsp3) is 0.577. The summed E-state index contributed by atoms with van der Waals surface area (Å²) in [6.45, 7) is 8.41. The second-order valence-electron chi connectivity index (χ2n) is 10.2. The zero-order valence-electron chi connectivity index (χ0n) is 18.5. The molecule has 0 spiro atoms. The summed E-state index contributed by atoms with van der Waals surface area (Å²) in [6, 6.07) is 0. The number of ketones is 1. The zero-order valence-corrected chi connectivity index (χ0v) is 18.5. The van der Waals surface area contributed by atoms with E-state index in [9.17, 15) is 14.4 Å². The summed E-state index contributed by atoms with van der Waals surface area (Å²) in [5.41, 5.74) is 3.34. The van der Waals surface area contributed by atoms with Crippen molar-refractivity contribution in [2.45, 2.75) is 66.2 Å². The van der Waals surface area contributed by atoms with Crippen LogP contribution < -0.4 is 0 Å². The second-order valence-corrected chi connectivity index (χ2v) is 10.2. The van der Waals surface area contributed by atoms with Gasteiger partial charge in [-0.2, -0.15) is 0 Å². The Morgan fingerprint density at radius 2 is 2.03 bits per heavy atom. The van der Waals surface area contributed by atoms with Gasteiger partial charge < -0.3 is 4.74 Å². The molecule has 4 atom stereocenters. The van der Waals surface area contributed by atoms with Gasteiger partial charge in [-0.05, 0) is 79.9 Å². The van der Waals surface area contributed by atoms with Crippen molar-refractivity contribution < 1.29 is 19.1 Å². The molecule has 0 saturated heterocycles. The smallest absolute Gasteiger partial charge is 0.311 e. The summed E-state index contributed by atoms with van der Waals surface area (Å²) in [6.07, 6.45) is 13.6. The van der Waals surface area contributed by atoms with Crippen LogP contribution in [0.4, 0.5) is 0 Å². The average molecular weight is 409 g/mol. The lowest BCUT2D eigenvalue weighted by molar-refractivity contribution is -0.142. The Labute approximate surface area is 179 Å². The van der Waals surface area contributed by atoms with Crippen molar-refractivity contribution in [2.75, 3.05) is 0 Å². The highest BCUT2D eigenvalue weighted by Crippen LogP contribution is 2.64. The molecule has 30 heavy (non-hydrogen) atoms. The van der Waals surface area contributed by atoms with Crippen LogP contribution in [-0.4, -0.2) is 18.0 Å². The van der Waals surface area contributed by atoms with Crippen LogP contribution in [0, 0.1) is 28.6 Å². The highest BCUT2D eigenvalue weighted by atomic mass is 16.5. The van der Waals surface area contributed by atoms with Gasteiger partial charge in [0.15, 0.2) is 17.8 Å². The first-order valence-corrected chi connectivity index (χ1v) is 11.2. The number of aldehydes is 1. The maximum absolute atomic E-state index is 12.2. The topological polar surface area (TPSA) is 60.4 Å². The molecule has 0 heterocycles. The van der Waals surface area contributed by atoms with E-state index in [4.69, 9.17) is 4.74 Å². The number of fused-ring (bicyclic) bond motifs is 5. The van der Waals surface area contributed by atoms with E-state index in [0.717, 1.165) is 44.0 Å². The van der Waals surface area contributed by atoms with E-state index in [-0.39, 0.29) is 34.3 Å². The van der Waals surface area contributed by atoms with E-state index < -0.39 is 0 Å². The minimum atomic E-state index is -0.323. The Bertz CT molecular complexity index is 915. The summed E-state index contributed by atoms with van der Waals surface area (Å²) in [4.78, 5) is 36.0. The van der Waals surface area contributed by atoms with E-state index in [1.807, 2.05) is 19.9 Å². The highest BCUT2D eigenvalue weighted by molar-refractivity contribution is 6.01. The molecule has 0 aliphatic heterocycles. The van der Waals surface area contributed by atoms with E-state index in [2.05, 4.69) is 26.0 Å². The molecular weight excluding hydrogens is 376 g/mol. The third kappa shape index (κ3) is 3.25. The van der Waals surface area contributed by atoms with Crippen LogP contribution in [0.2, 0.25) is 0 Å². The van der Waals surface area contributed by atoms with Crippen molar-refractivity contribution in [3.05, 3.63) is 46.8 Å². The van der Waals surface area contributed by atoms with Crippen molar-refractivity contribution in [1.29, 1.82) is 0 Å². The van der Waals surface area contributed by atoms with Crippen LogP contribution in [0.1, 0.15) is 66.2 Å². The summed E-state index contributed by atoms with van der Waals surface area (Å²) >= 11 is 0. The lowest BCUT2D eigenvalue weighted by Gasteiger charge is -2.51. The maximum atomic E-state index is 12.2. The van der Waals surface area contributed by atoms with E-state index >= 15 is 0 Å². The maximum Gasteiger partial charge on any atom is 0.311 e. The van der Waals surface area contributed by atoms with Gasteiger partial charge in [0.05, 0.1) is 0 Å². The zero-order chi connectivity index (χ0) is 21.7. The number of carbonyl (C=O) groups excluding carboxylic acids is 3. The van der Waals surface area contributed by atoms with Crippen LogP contribution in [-0.2, 0) is 19.1 Å². The minimum Gasteiger partial charge on any atom is -0.423 e. The van der Waals surface area contributed by atoms with Gasteiger partial charge >= 0.3 is 5.97 Å². The fourth-order valence-corrected chi connectivity index (χ4v) is 6.40. The summed E-state index contributed by atoms with van der Waals surface area (Å²) in [7, 11) is 0. The van der Waals surface area contributed by atoms with Crippen molar-refractivity contribution >= 4 is 18.0 Å². The van der Waals surface area contributed by atoms with Gasteiger partial charge in [0.2, 0.25) is 0 Å². The monoisotopic (exact) mass is 408 g/mol. The standard InChI is InChI=1S/C26H32O4/c1-16(2)13-24(29)30-23(15-27)22-8-7-20-19-6-5-17-14-18(28)9-11-25(17,3)21(19)10-12-26(20,22)4/h9-11,14-16,19-20H,5-8,12-13H2,1-4H3/b23-22-/t19-,20-,25-,26-/m0/s1. The molecule has 2 saturated carbocycles. The first-order valence-electron chi connectivity index (χ1n) is 11.2. The van der Waals surface area contributed by atoms with Crippen LogP contribution in [0.5, 0.6) is 0 Å². The molecule has 4 rings (SSSR count). The fourth-order valence-electron chi connectivity index (χ4n) is 6.40. The van der Waals surface area contributed by atoms with E-state index in [1.165, 1.54) is 11.1 Å². The lowest BCUT2D eigenvalue weighted by atomic mass is 9.53. The Morgan fingerprint density at radius 1 is 1.27 bits per heavy atom. The van der Waals surface area contributed by atoms with Crippen LogP contribution in [0.3, 0.4) is 0 Å². The third-order valence-corrected chi connectivity index (χ3v) is 7.94. The second kappa shape index (κ2) is 7.47. The van der Waals surface area contributed by atoms with Gasteiger partial charge in [-0.15, -0.1) is 0 Å². The quantitative estimate of drug-likeness (QED) is 0.209. The molecule has 4 heteroatoms. The Kier molecular flexibility index (Phi) is 5.24. The molecule has 0 bridgehead atoms. The van der Waals surface area contributed by atoms with Gasteiger partial charge in [-0.1, -0.05) is 44.1 Å². The Morgan fingerprint density at radius 3 is 2.73 bits per heavy atom. The molecule has 2 fully saturated rings. The number of ether oxygens (including phenoxy) is 1. The van der Waals surface area contributed by atoms with E-state index in [0.29, 0.717) is 18.3 Å². The SMILES string of the molecule is CC(C)CC(=O)O/C(C=O)=C1/CC[C@H]2[C@@H]3CCC4=CC(=O)C=C[C@]4(C)C3=CC[C@]12C. The predicted molar refractivity (Wildman–Crippen MR) is 115 cm³/mol. The molecule has 0 N–H and O–H groups in total. The minimum absolute atomic E-state index is 0.0899. The third-order valence-electron chi connectivity index (χ3n) is 7.94. The molecule has 0 amide bonds. The summed E-state index contributed by atoms with van der Waals surface area (Å²) in [5.74, 6) is 1.07. The van der Waals surface area contributed by atoms with Crippen molar-refractivity contribution in [3.63, 3.8) is 0 Å². The van der Waals surface area contributed by atoms with Gasteiger partial charge in [-0.3, -0.25) is 14.4 Å². The summed E-state index contributed by atoms with van der Waals surface area (Å²) < 4.78 is 5.56. The van der Waals surface area contributed by atoms with Gasteiger partial charge in [0, 0.05) is 11.8 Å². The largest absolute Gasteiger partial charge is 0.423 e.